The third-order valence-electron chi connectivity index (χ3n) is 3.28. The molecule has 0 radical (unpaired) electrons. The quantitative estimate of drug-likeness (QED) is 0.309. The second kappa shape index (κ2) is 6.84. The Kier molecular flexibility index (Phi) is 4.79. The summed E-state index contributed by atoms with van der Waals surface area (Å²) in [5, 5.41) is 11.2. The molecule has 0 unspecified atom stereocenters. The zero-order chi connectivity index (χ0) is 17.3. The molecular weight excluding hydrogens is 412 g/mol. The molecule has 0 aliphatic carbocycles. The Labute approximate surface area is 155 Å². The van der Waals surface area contributed by atoms with Gasteiger partial charge in [-0.1, -0.05) is 64.2 Å². The minimum atomic E-state index is -0.522. The van der Waals surface area contributed by atoms with Crippen LogP contribution in [0, 0.1) is 10.1 Å². The predicted molar refractivity (Wildman–Crippen MR) is 103 cm³/mol. The van der Waals surface area contributed by atoms with Gasteiger partial charge in [0, 0.05) is 10.5 Å². The third kappa shape index (κ3) is 3.26. The second-order valence-electron chi connectivity index (χ2n) is 4.81. The fraction of sp³-hybridized carbons (Fsp3) is 0. The van der Waals surface area contributed by atoms with Crippen LogP contribution in [-0.4, -0.2) is 15.2 Å². The van der Waals surface area contributed by atoms with Crippen LogP contribution in [0.25, 0.3) is 6.08 Å². The number of amides is 1. The molecule has 8 heteroatoms. The van der Waals surface area contributed by atoms with Gasteiger partial charge in [0.15, 0.2) is 4.32 Å². The van der Waals surface area contributed by atoms with Crippen molar-refractivity contribution in [3.63, 3.8) is 0 Å². The van der Waals surface area contributed by atoms with Crippen molar-refractivity contribution >= 4 is 67.6 Å². The number of halogens is 1. The fourth-order valence-corrected chi connectivity index (χ4v) is 3.74. The maximum absolute atomic E-state index is 12.7. The highest BCUT2D eigenvalue weighted by Crippen LogP contribution is 2.39. The van der Waals surface area contributed by atoms with Gasteiger partial charge in [-0.15, -0.1) is 0 Å². The monoisotopic (exact) mass is 420 g/mol. The molecule has 0 atom stereocenters. The first-order chi connectivity index (χ1) is 11.5. The van der Waals surface area contributed by atoms with Crippen LogP contribution < -0.4 is 4.90 Å². The number of nitrogens with zero attached hydrogens (tertiary/aromatic N) is 2. The first kappa shape index (κ1) is 16.8. The molecule has 5 nitrogen and oxygen atoms in total. The maximum Gasteiger partial charge on any atom is 0.293 e. The van der Waals surface area contributed by atoms with Crippen LogP contribution in [0.3, 0.4) is 0 Å². The van der Waals surface area contributed by atoms with Gasteiger partial charge in [0.1, 0.15) is 5.69 Å². The normalized spacial score (nSPS) is 16.0. The topological polar surface area (TPSA) is 63.5 Å². The average molecular weight is 421 g/mol. The van der Waals surface area contributed by atoms with Crippen molar-refractivity contribution in [2.45, 2.75) is 0 Å². The summed E-state index contributed by atoms with van der Waals surface area (Å²) in [5.74, 6) is -0.359. The van der Waals surface area contributed by atoms with Crippen molar-refractivity contribution in [1.82, 2.24) is 0 Å². The van der Waals surface area contributed by atoms with E-state index in [1.165, 1.54) is 17.0 Å². The predicted octanol–water partition coefficient (Wildman–Crippen LogP) is 4.76. The SMILES string of the molecule is O=C1/C(=C/c2ccc(Br)cc2)SC(=S)N1c1ccccc1[N+](=O)[O-]. The van der Waals surface area contributed by atoms with Crippen LogP contribution in [-0.2, 0) is 4.79 Å². The molecule has 0 aromatic heterocycles. The lowest BCUT2D eigenvalue weighted by molar-refractivity contribution is -0.384. The zero-order valence-electron chi connectivity index (χ0n) is 12.0. The smallest absolute Gasteiger partial charge is 0.268 e. The van der Waals surface area contributed by atoms with Crippen LogP contribution in [0.2, 0.25) is 0 Å². The minimum Gasteiger partial charge on any atom is -0.268 e. The van der Waals surface area contributed by atoms with Crippen LogP contribution in [0.15, 0.2) is 57.9 Å². The molecule has 1 fully saturated rings. The molecule has 2 aromatic carbocycles. The summed E-state index contributed by atoms with van der Waals surface area (Å²) in [6.45, 7) is 0. The average Bonchev–Trinajstić information content (AvgIpc) is 2.83. The van der Waals surface area contributed by atoms with Crippen LogP contribution in [0.4, 0.5) is 11.4 Å². The minimum absolute atomic E-state index is 0.154. The summed E-state index contributed by atoms with van der Waals surface area (Å²) < 4.78 is 1.21. The highest BCUT2D eigenvalue weighted by molar-refractivity contribution is 9.10. The van der Waals surface area contributed by atoms with E-state index >= 15 is 0 Å². The van der Waals surface area contributed by atoms with Gasteiger partial charge >= 0.3 is 0 Å². The van der Waals surface area contributed by atoms with Crippen molar-refractivity contribution in [2.24, 2.45) is 0 Å². The number of nitro groups is 1. The molecular formula is C16H9BrN2O3S2. The Morgan fingerprint density at radius 1 is 1.17 bits per heavy atom. The Hall–Kier alpha value is -2.03. The molecule has 24 heavy (non-hydrogen) atoms. The molecule has 1 aliphatic rings. The molecule has 1 aliphatic heterocycles. The summed E-state index contributed by atoms with van der Waals surface area (Å²) in [6, 6.07) is 13.5. The van der Waals surface area contributed by atoms with Gasteiger partial charge in [-0.05, 0) is 29.8 Å². The van der Waals surface area contributed by atoms with E-state index in [0.29, 0.717) is 4.91 Å². The number of thiocarbonyl (C=S) groups is 1. The highest BCUT2D eigenvalue weighted by Gasteiger charge is 2.36. The van der Waals surface area contributed by atoms with Gasteiger partial charge in [-0.3, -0.25) is 19.8 Å². The number of nitro benzene ring substituents is 1. The molecule has 0 N–H and O–H groups in total. The second-order valence-corrected chi connectivity index (χ2v) is 7.41. The number of hydrogen-bond donors (Lipinski definition) is 0. The molecule has 3 rings (SSSR count). The summed E-state index contributed by atoms with van der Waals surface area (Å²) >= 11 is 9.74. The van der Waals surface area contributed by atoms with E-state index < -0.39 is 4.92 Å². The van der Waals surface area contributed by atoms with E-state index in [1.54, 1.807) is 18.2 Å². The molecule has 0 bridgehead atoms. The first-order valence-corrected chi connectivity index (χ1v) is 8.76. The van der Waals surface area contributed by atoms with Gasteiger partial charge in [0.2, 0.25) is 0 Å². The largest absolute Gasteiger partial charge is 0.293 e. The van der Waals surface area contributed by atoms with Crippen molar-refractivity contribution in [3.8, 4) is 0 Å². The van der Waals surface area contributed by atoms with Crippen LogP contribution in [0.1, 0.15) is 5.56 Å². The van der Waals surface area contributed by atoms with E-state index in [1.807, 2.05) is 24.3 Å². The first-order valence-electron chi connectivity index (χ1n) is 6.74. The summed E-state index contributed by atoms with van der Waals surface area (Å²) in [5.41, 5.74) is 0.879. The molecule has 120 valence electrons. The number of rotatable bonds is 3. The maximum atomic E-state index is 12.7. The summed E-state index contributed by atoms with van der Waals surface area (Å²) in [4.78, 5) is 25.0. The Morgan fingerprint density at radius 2 is 1.83 bits per heavy atom. The number of carbonyl (C=O) groups is 1. The van der Waals surface area contributed by atoms with Crippen molar-refractivity contribution < 1.29 is 9.72 Å². The molecule has 1 saturated heterocycles. The fourth-order valence-electron chi connectivity index (χ4n) is 2.19. The number of para-hydroxylation sites is 2. The number of anilines is 1. The lowest BCUT2D eigenvalue weighted by Crippen LogP contribution is -2.28. The highest BCUT2D eigenvalue weighted by atomic mass is 79.9. The Morgan fingerprint density at radius 3 is 2.50 bits per heavy atom. The van der Waals surface area contributed by atoms with Gasteiger partial charge < -0.3 is 0 Å². The van der Waals surface area contributed by atoms with Crippen LogP contribution in [0.5, 0.6) is 0 Å². The molecule has 1 heterocycles. The number of benzene rings is 2. The molecule has 1 amide bonds. The van der Waals surface area contributed by atoms with E-state index in [4.69, 9.17) is 12.2 Å². The van der Waals surface area contributed by atoms with Crippen molar-refractivity contribution in [1.29, 1.82) is 0 Å². The van der Waals surface area contributed by atoms with E-state index in [9.17, 15) is 14.9 Å². The molecule has 0 spiro atoms. The standard InChI is InChI=1S/C16H9BrN2O3S2/c17-11-7-5-10(6-8-11)9-14-15(20)18(16(23)24-14)12-3-1-2-4-13(12)19(21)22/h1-9H/b14-9-. The van der Waals surface area contributed by atoms with E-state index in [0.717, 1.165) is 21.8 Å². The Bertz CT molecular complexity index is 881. The van der Waals surface area contributed by atoms with E-state index in [-0.39, 0.29) is 21.6 Å². The number of carbonyl (C=O) groups excluding carboxylic acids is 1. The summed E-state index contributed by atoms with van der Waals surface area (Å²) in [6.07, 6.45) is 1.72. The number of thioether (sulfide) groups is 1. The van der Waals surface area contributed by atoms with Gasteiger partial charge in [-0.2, -0.15) is 0 Å². The zero-order valence-corrected chi connectivity index (χ0v) is 15.2. The molecule has 0 saturated carbocycles. The van der Waals surface area contributed by atoms with Gasteiger partial charge in [0.05, 0.1) is 9.83 Å². The van der Waals surface area contributed by atoms with E-state index in [2.05, 4.69) is 15.9 Å². The summed E-state index contributed by atoms with van der Waals surface area (Å²) in [7, 11) is 0. The van der Waals surface area contributed by atoms with Gasteiger partial charge in [0.25, 0.3) is 11.6 Å². The van der Waals surface area contributed by atoms with Crippen molar-refractivity contribution in [3.05, 3.63) is 73.6 Å². The lowest BCUT2D eigenvalue weighted by Gasteiger charge is -2.14. The van der Waals surface area contributed by atoms with Crippen LogP contribution >= 0.6 is 39.9 Å². The Balaban J connectivity index is 1.98. The third-order valence-corrected chi connectivity index (χ3v) is 5.11. The van der Waals surface area contributed by atoms with Gasteiger partial charge in [-0.25, -0.2) is 0 Å². The number of hydrogen-bond acceptors (Lipinski definition) is 5. The lowest BCUT2D eigenvalue weighted by atomic mass is 10.2. The van der Waals surface area contributed by atoms with Crippen molar-refractivity contribution in [2.75, 3.05) is 4.90 Å². The molecule has 2 aromatic rings.